The molecule has 0 aromatic carbocycles. The summed E-state index contributed by atoms with van der Waals surface area (Å²) in [5.74, 6) is -0.893. The second kappa shape index (κ2) is 50.3. The van der Waals surface area contributed by atoms with Crippen LogP contribution in [0.15, 0.2) is 36.5 Å². The Balaban J connectivity index is 4.32. The minimum absolute atomic E-state index is 0.0789. The number of hydrogen-bond donors (Lipinski definition) is 0. The first kappa shape index (κ1) is 58.6. The summed E-state index contributed by atoms with van der Waals surface area (Å²) in [7, 11) is 0. The molecule has 356 valence electrons. The van der Waals surface area contributed by atoms with E-state index in [1.165, 1.54) is 161 Å². The van der Waals surface area contributed by atoms with Gasteiger partial charge in [0.2, 0.25) is 0 Å². The second-order valence-electron chi connectivity index (χ2n) is 17.8. The first-order valence-corrected chi connectivity index (χ1v) is 26.5. The van der Waals surface area contributed by atoms with Gasteiger partial charge >= 0.3 is 17.9 Å². The van der Waals surface area contributed by atoms with Crippen LogP contribution < -0.4 is 0 Å². The summed E-state index contributed by atoms with van der Waals surface area (Å²) in [6, 6.07) is 0. The number of esters is 3. The van der Waals surface area contributed by atoms with Crippen molar-refractivity contribution in [3.63, 3.8) is 0 Å². The van der Waals surface area contributed by atoms with Crippen LogP contribution in [0, 0.1) is 0 Å². The van der Waals surface area contributed by atoms with Crippen LogP contribution in [-0.4, -0.2) is 37.2 Å². The van der Waals surface area contributed by atoms with Crippen molar-refractivity contribution in [1.29, 1.82) is 0 Å². The molecule has 0 aliphatic carbocycles. The monoisotopic (exact) mass is 857 g/mol. The summed E-state index contributed by atoms with van der Waals surface area (Å²) in [5, 5.41) is 0. The Morgan fingerprint density at radius 3 is 0.852 bits per heavy atom. The highest BCUT2D eigenvalue weighted by molar-refractivity contribution is 5.71. The van der Waals surface area contributed by atoms with Crippen molar-refractivity contribution in [3.8, 4) is 0 Å². The van der Waals surface area contributed by atoms with E-state index in [1.54, 1.807) is 0 Å². The van der Waals surface area contributed by atoms with Crippen molar-refractivity contribution in [1.82, 2.24) is 0 Å². The van der Waals surface area contributed by atoms with Crippen LogP contribution in [0.2, 0.25) is 0 Å². The standard InChI is InChI=1S/C55H100O6/c1-4-7-10-13-16-19-22-25-26-27-28-29-30-31-34-36-39-42-45-48-54(57)60-51-52(61-55(58)49-46-43-40-37-33-24-21-18-15-12-9-6-3)50-59-53(56)47-44-41-38-35-32-23-20-17-14-11-8-5-2/h17-18,20-21,27-28,52H,4-16,19,22-26,29-51H2,1-3H3/b20-17-,21-18-,28-27-. The van der Waals surface area contributed by atoms with Crippen molar-refractivity contribution in [3.05, 3.63) is 36.5 Å². The van der Waals surface area contributed by atoms with Crippen molar-refractivity contribution >= 4 is 17.9 Å². The summed E-state index contributed by atoms with van der Waals surface area (Å²) in [6.07, 6.45) is 58.4. The van der Waals surface area contributed by atoms with Crippen LogP contribution in [0.4, 0.5) is 0 Å². The zero-order valence-electron chi connectivity index (χ0n) is 40.7. The number of carbonyl (C=O) groups excluding carboxylic acids is 3. The number of ether oxygens (including phenoxy) is 3. The molecule has 0 rings (SSSR count). The molecular formula is C55H100O6. The van der Waals surface area contributed by atoms with E-state index in [0.29, 0.717) is 19.3 Å². The van der Waals surface area contributed by atoms with E-state index in [4.69, 9.17) is 14.2 Å². The summed E-state index contributed by atoms with van der Waals surface area (Å²) in [4.78, 5) is 37.9. The Morgan fingerprint density at radius 1 is 0.311 bits per heavy atom. The van der Waals surface area contributed by atoms with Crippen molar-refractivity contribution in [2.75, 3.05) is 13.2 Å². The molecule has 6 nitrogen and oxygen atoms in total. The van der Waals surface area contributed by atoms with Crippen LogP contribution in [0.25, 0.3) is 0 Å². The molecule has 0 aliphatic heterocycles. The number of hydrogen-bond acceptors (Lipinski definition) is 6. The van der Waals surface area contributed by atoms with Gasteiger partial charge in [-0.05, 0) is 96.3 Å². The maximum Gasteiger partial charge on any atom is 0.306 e. The molecule has 0 saturated heterocycles. The molecule has 0 bridgehead atoms. The second-order valence-corrected chi connectivity index (χ2v) is 17.8. The number of unbranched alkanes of at least 4 members (excludes halogenated alkanes) is 31. The Hall–Kier alpha value is -2.37. The van der Waals surface area contributed by atoms with Crippen LogP contribution in [0.1, 0.15) is 278 Å². The van der Waals surface area contributed by atoms with Gasteiger partial charge in [-0.3, -0.25) is 14.4 Å². The van der Waals surface area contributed by atoms with E-state index in [-0.39, 0.29) is 31.1 Å². The van der Waals surface area contributed by atoms with Gasteiger partial charge in [0.05, 0.1) is 0 Å². The van der Waals surface area contributed by atoms with Gasteiger partial charge in [0.1, 0.15) is 13.2 Å². The Kier molecular flexibility index (Phi) is 48.3. The van der Waals surface area contributed by atoms with Gasteiger partial charge in [-0.2, -0.15) is 0 Å². The zero-order valence-corrected chi connectivity index (χ0v) is 40.7. The largest absolute Gasteiger partial charge is 0.462 e. The highest BCUT2D eigenvalue weighted by Crippen LogP contribution is 2.15. The first-order valence-electron chi connectivity index (χ1n) is 26.5. The summed E-state index contributed by atoms with van der Waals surface area (Å²) in [5.41, 5.74) is 0. The van der Waals surface area contributed by atoms with E-state index in [9.17, 15) is 14.4 Å². The van der Waals surface area contributed by atoms with E-state index in [0.717, 1.165) is 77.0 Å². The van der Waals surface area contributed by atoms with Crippen LogP contribution in [-0.2, 0) is 28.6 Å². The minimum Gasteiger partial charge on any atom is -0.462 e. The predicted molar refractivity (Wildman–Crippen MR) is 261 cm³/mol. The number of rotatable bonds is 48. The molecule has 61 heavy (non-hydrogen) atoms. The molecule has 1 unspecified atom stereocenters. The Labute approximate surface area is 378 Å². The van der Waals surface area contributed by atoms with Gasteiger partial charge in [-0.15, -0.1) is 0 Å². The molecular weight excluding hydrogens is 757 g/mol. The summed E-state index contributed by atoms with van der Waals surface area (Å²) >= 11 is 0. The third-order valence-corrected chi connectivity index (χ3v) is 11.6. The number of allylic oxidation sites excluding steroid dienone is 6. The van der Waals surface area contributed by atoms with Gasteiger partial charge in [0, 0.05) is 19.3 Å². The fourth-order valence-corrected chi connectivity index (χ4v) is 7.54. The van der Waals surface area contributed by atoms with Gasteiger partial charge in [0.25, 0.3) is 0 Å². The lowest BCUT2D eigenvalue weighted by molar-refractivity contribution is -0.167. The average molecular weight is 857 g/mol. The van der Waals surface area contributed by atoms with E-state index in [2.05, 4.69) is 57.2 Å². The highest BCUT2D eigenvalue weighted by Gasteiger charge is 2.19. The molecule has 6 heteroatoms. The highest BCUT2D eigenvalue weighted by atomic mass is 16.6. The van der Waals surface area contributed by atoms with Crippen molar-refractivity contribution < 1.29 is 28.6 Å². The van der Waals surface area contributed by atoms with Crippen LogP contribution >= 0.6 is 0 Å². The first-order chi connectivity index (χ1) is 30.0. The summed E-state index contributed by atoms with van der Waals surface area (Å²) in [6.45, 7) is 6.59. The molecule has 0 amide bonds. The lowest BCUT2D eigenvalue weighted by atomic mass is 10.1. The molecule has 0 aromatic rings. The molecule has 0 heterocycles. The fraction of sp³-hybridized carbons (Fsp3) is 0.836. The summed E-state index contributed by atoms with van der Waals surface area (Å²) < 4.78 is 16.8. The maximum atomic E-state index is 12.8. The Morgan fingerprint density at radius 2 is 0.541 bits per heavy atom. The predicted octanol–water partition coefficient (Wildman–Crippen LogP) is 17.3. The van der Waals surface area contributed by atoms with Gasteiger partial charge in [0.15, 0.2) is 6.10 Å². The lowest BCUT2D eigenvalue weighted by Crippen LogP contribution is -2.30. The lowest BCUT2D eigenvalue weighted by Gasteiger charge is -2.18. The molecule has 0 saturated carbocycles. The van der Waals surface area contributed by atoms with E-state index in [1.807, 2.05) is 0 Å². The Bertz CT molecular complexity index is 1030. The molecule has 0 spiro atoms. The van der Waals surface area contributed by atoms with E-state index >= 15 is 0 Å². The third kappa shape index (κ3) is 48.5. The third-order valence-electron chi connectivity index (χ3n) is 11.6. The SMILES string of the molecule is CCCCC/C=C\CCCCCCCC(=O)OCC(COC(=O)CCCCCCCCC/C=C\CCCCCCCCCC)OC(=O)CCCCCCC/C=C\CCCCC. The van der Waals surface area contributed by atoms with E-state index < -0.39 is 6.10 Å². The van der Waals surface area contributed by atoms with Crippen LogP contribution in [0.3, 0.4) is 0 Å². The van der Waals surface area contributed by atoms with Gasteiger partial charge < -0.3 is 14.2 Å². The minimum atomic E-state index is -0.778. The molecule has 1 atom stereocenters. The fourth-order valence-electron chi connectivity index (χ4n) is 7.54. The zero-order chi connectivity index (χ0) is 44.4. The quantitative estimate of drug-likeness (QED) is 0.0262. The number of carbonyl (C=O) groups is 3. The average Bonchev–Trinajstić information content (AvgIpc) is 3.26. The molecule has 0 fully saturated rings. The molecule has 0 N–H and O–H groups in total. The van der Waals surface area contributed by atoms with Crippen molar-refractivity contribution in [2.24, 2.45) is 0 Å². The van der Waals surface area contributed by atoms with Crippen molar-refractivity contribution in [2.45, 2.75) is 284 Å². The maximum absolute atomic E-state index is 12.8. The smallest absolute Gasteiger partial charge is 0.306 e. The topological polar surface area (TPSA) is 78.9 Å². The van der Waals surface area contributed by atoms with Gasteiger partial charge in [-0.1, -0.05) is 198 Å². The molecule has 0 radical (unpaired) electrons. The molecule has 0 aliphatic rings. The van der Waals surface area contributed by atoms with Gasteiger partial charge in [-0.25, -0.2) is 0 Å². The molecule has 0 aromatic heterocycles. The normalized spacial score (nSPS) is 12.2. The van der Waals surface area contributed by atoms with Crippen LogP contribution in [0.5, 0.6) is 0 Å².